The van der Waals surface area contributed by atoms with Gasteiger partial charge in [0.2, 0.25) is 0 Å². The first-order valence-corrected chi connectivity index (χ1v) is 8.58. The Labute approximate surface area is 147 Å². The molecule has 0 radical (unpaired) electrons. The highest BCUT2D eigenvalue weighted by atomic mass is 32.1. The van der Waals surface area contributed by atoms with Crippen LogP contribution in [0, 0.1) is 0 Å². The highest BCUT2D eigenvalue weighted by Crippen LogP contribution is 2.30. The van der Waals surface area contributed by atoms with E-state index in [9.17, 15) is 0 Å². The van der Waals surface area contributed by atoms with E-state index in [0.29, 0.717) is 11.7 Å². The average Bonchev–Trinajstić information content (AvgIpc) is 3.00. The molecule has 2 aromatic rings. The predicted octanol–water partition coefficient (Wildman–Crippen LogP) is 3.57. The molecule has 4 nitrogen and oxygen atoms in total. The number of rotatable bonds is 5. The van der Waals surface area contributed by atoms with E-state index in [1.807, 2.05) is 31.2 Å². The highest BCUT2D eigenvalue weighted by molar-refractivity contribution is 7.80. The number of hydrogen-bond acceptors (Lipinski definition) is 3. The first kappa shape index (κ1) is 16.5. The first-order valence-electron chi connectivity index (χ1n) is 8.17. The lowest BCUT2D eigenvalue weighted by Crippen LogP contribution is -2.34. The fourth-order valence-electron chi connectivity index (χ4n) is 2.93. The molecule has 24 heavy (non-hydrogen) atoms. The second-order valence-electron chi connectivity index (χ2n) is 5.60. The topological polar surface area (TPSA) is 45.6 Å². The molecule has 1 atom stereocenters. The van der Waals surface area contributed by atoms with E-state index in [4.69, 9.17) is 17.0 Å². The Morgan fingerprint density at radius 3 is 2.92 bits per heavy atom. The lowest BCUT2D eigenvalue weighted by Gasteiger charge is -2.15. The first-order chi connectivity index (χ1) is 11.8. The monoisotopic (exact) mass is 339 g/mol. The Bertz CT molecular complexity index is 745. The SMILES string of the molecule is CCOc1ccccc1/C=N\NC(=S)N[C@H]1CCc2ccccc21. The summed E-state index contributed by atoms with van der Waals surface area (Å²) in [4.78, 5) is 0. The number of thiocarbonyl (C=S) groups is 1. The number of nitrogens with zero attached hydrogens (tertiary/aromatic N) is 1. The van der Waals surface area contributed by atoms with Crippen LogP contribution in [-0.2, 0) is 6.42 Å². The zero-order valence-corrected chi connectivity index (χ0v) is 14.5. The Morgan fingerprint density at radius 2 is 2.04 bits per heavy atom. The standard InChI is InChI=1S/C19H21N3OS/c1-2-23-18-10-6-4-8-15(18)13-20-22-19(24)21-17-12-11-14-7-3-5-9-16(14)17/h3-10,13,17H,2,11-12H2,1H3,(H2,21,22,24)/b20-13-/t17-/m0/s1. The number of benzene rings is 2. The lowest BCUT2D eigenvalue weighted by molar-refractivity contribution is 0.340. The van der Waals surface area contributed by atoms with Crippen molar-refractivity contribution in [2.24, 2.45) is 5.10 Å². The van der Waals surface area contributed by atoms with Gasteiger partial charge in [-0.25, -0.2) is 0 Å². The lowest BCUT2D eigenvalue weighted by atomic mass is 10.1. The largest absolute Gasteiger partial charge is 0.493 e. The molecule has 2 aromatic carbocycles. The quantitative estimate of drug-likeness (QED) is 0.497. The number of aryl methyl sites for hydroxylation is 1. The van der Waals surface area contributed by atoms with Gasteiger partial charge in [0.1, 0.15) is 5.75 Å². The van der Waals surface area contributed by atoms with Crippen molar-refractivity contribution in [1.29, 1.82) is 0 Å². The molecule has 0 bridgehead atoms. The van der Waals surface area contributed by atoms with Crippen molar-refractivity contribution < 1.29 is 4.74 Å². The normalized spacial score (nSPS) is 16.0. The molecule has 0 fully saturated rings. The van der Waals surface area contributed by atoms with Crippen LogP contribution in [0.5, 0.6) is 5.75 Å². The number of para-hydroxylation sites is 1. The summed E-state index contributed by atoms with van der Waals surface area (Å²) in [5.74, 6) is 0.814. The van der Waals surface area contributed by atoms with Gasteiger partial charge in [0.05, 0.1) is 18.9 Å². The van der Waals surface area contributed by atoms with Crippen LogP contribution in [0.1, 0.15) is 36.1 Å². The molecule has 0 aliphatic heterocycles. The van der Waals surface area contributed by atoms with Crippen LogP contribution in [0.3, 0.4) is 0 Å². The molecule has 0 saturated carbocycles. The van der Waals surface area contributed by atoms with Crippen LogP contribution in [-0.4, -0.2) is 17.9 Å². The van der Waals surface area contributed by atoms with E-state index in [1.54, 1.807) is 6.21 Å². The molecule has 3 rings (SSSR count). The Balaban J connectivity index is 1.57. The summed E-state index contributed by atoms with van der Waals surface area (Å²) in [7, 11) is 0. The molecule has 5 heteroatoms. The fraction of sp³-hybridized carbons (Fsp3) is 0.263. The van der Waals surface area contributed by atoms with Crippen LogP contribution in [0.4, 0.5) is 0 Å². The van der Waals surface area contributed by atoms with Gasteiger partial charge in [0, 0.05) is 5.56 Å². The molecular weight excluding hydrogens is 318 g/mol. The number of hydrogen-bond donors (Lipinski definition) is 2. The van der Waals surface area contributed by atoms with Gasteiger partial charge in [-0.15, -0.1) is 0 Å². The maximum absolute atomic E-state index is 5.57. The van der Waals surface area contributed by atoms with Crippen LogP contribution < -0.4 is 15.5 Å². The average molecular weight is 339 g/mol. The summed E-state index contributed by atoms with van der Waals surface area (Å²) >= 11 is 5.35. The van der Waals surface area contributed by atoms with Gasteiger partial charge in [0.15, 0.2) is 5.11 Å². The van der Waals surface area contributed by atoms with Crippen molar-refractivity contribution in [3.8, 4) is 5.75 Å². The van der Waals surface area contributed by atoms with Gasteiger partial charge < -0.3 is 10.1 Å². The van der Waals surface area contributed by atoms with E-state index in [1.165, 1.54) is 11.1 Å². The number of nitrogens with one attached hydrogen (secondary N) is 2. The summed E-state index contributed by atoms with van der Waals surface area (Å²) in [6.45, 7) is 2.59. The van der Waals surface area contributed by atoms with Gasteiger partial charge in [-0.3, -0.25) is 5.43 Å². The fourth-order valence-corrected chi connectivity index (χ4v) is 3.13. The third kappa shape index (κ3) is 3.92. The van der Waals surface area contributed by atoms with Gasteiger partial charge in [0.25, 0.3) is 0 Å². The van der Waals surface area contributed by atoms with Gasteiger partial charge in [-0.1, -0.05) is 36.4 Å². The van der Waals surface area contributed by atoms with Crippen molar-refractivity contribution in [2.75, 3.05) is 6.61 Å². The van der Waals surface area contributed by atoms with E-state index in [0.717, 1.165) is 24.2 Å². The molecular formula is C19H21N3OS. The summed E-state index contributed by atoms with van der Waals surface area (Å²) in [5, 5.41) is 8.09. The van der Waals surface area contributed by atoms with Crippen LogP contribution in [0.2, 0.25) is 0 Å². The molecule has 124 valence electrons. The minimum absolute atomic E-state index is 0.257. The van der Waals surface area contributed by atoms with Gasteiger partial charge in [-0.2, -0.15) is 5.10 Å². The summed E-state index contributed by atoms with van der Waals surface area (Å²) in [6.07, 6.45) is 3.86. The molecule has 0 saturated heterocycles. The zero-order chi connectivity index (χ0) is 16.8. The molecule has 0 aromatic heterocycles. The molecule has 0 heterocycles. The van der Waals surface area contributed by atoms with Crippen molar-refractivity contribution >= 4 is 23.5 Å². The maximum Gasteiger partial charge on any atom is 0.187 e. The summed E-state index contributed by atoms with van der Waals surface area (Å²) in [6, 6.07) is 16.5. The van der Waals surface area contributed by atoms with Gasteiger partial charge >= 0.3 is 0 Å². The molecule has 0 spiro atoms. The smallest absolute Gasteiger partial charge is 0.187 e. The van der Waals surface area contributed by atoms with E-state index in [-0.39, 0.29) is 6.04 Å². The number of fused-ring (bicyclic) bond motifs is 1. The Morgan fingerprint density at radius 1 is 1.25 bits per heavy atom. The van der Waals surface area contributed by atoms with Crippen LogP contribution >= 0.6 is 12.2 Å². The number of hydrazone groups is 1. The van der Waals surface area contributed by atoms with Crippen LogP contribution in [0.15, 0.2) is 53.6 Å². The molecule has 2 N–H and O–H groups in total. The molecule has 0 amide bonds. The minimum Gasteiger partial charge on any atom is -0.493 e. The van der Waals surface area contributed by atoms with Crippen LogP contribution in [0.25, 0.3) is 0 Å². The van der Waals surface area contributed by atoms with Crippen molar-refractivity contribution in [3.63, 3.8) is 0 Å². The van der Waals surface area contributed by atoms with Crippen molar-refractivity contribution in [3.05, 3.63) is 65.2 Å². The second-order valence-corrected chi connectivity index (χ2v) is 6.01. The van der Waals surface area contributed by atoms with Crippen molar-refractivity contribution in [1.82, 2.24) is 10.7 Å². The third-order valence-corrected chi connectivity index (χ3v) is 4.24. The Hall–Kier alpha value is -2.40. The molecule has 0 unspecified atom stereocenters. The third-order valence-electron chi connectivity index (χ3n) is 4.03. The maximum atomic E-state index is 5.57. The highest BCUT2D eigenvalue weighted by Gasteiger charge is 2.22. The van der Waals surface area contributed by atoms with E-state index >= 15 is 0 Å². The number of ether oxygens (including phenoxy) is 1. The molecule has 1 aliphatic carbocycles. The summed E-state index contributed by atoms with van der Waals surface area (Å²) < 4.78 is 5.57. The van der Waals surface area contributed by atoms with E-state index < -0.39 is 0 Å². The molecule has 1 aliphatic rings. The predicted molar refractivity (Wildman–Crippen MR) is 102 cm³/mol. The van der Waals surface area contributed by atoms with Gasteiger partial charge in [-0.05, 0) is 55.2 Å². The second kappa shape index (κ2) is 7.93. The zero-order valence-electron chi connectivity index (χ0n) is 13.7. The Kier molecular flexibility index (Phi) is 5.43. The summed E-state index contributed by atoms with van der Waals surface area (Å²) in [5.41, 5.74) is 6.53. The minimum atomic E-state index is 0.257. The van der Waals surface area contributed by atoms with E-state index in [2.05, 4.69) is 40.1 Å². The van der Waals surface area contributed by atoms with Crippen molar-refractivity contribution in [2.45, 2.75) is 25.8 Å².